The lowest BCUT2D eigenvalue weighted by atomic mass is 9.90. The van der Waals surface area contributed by atoms with Crippen molar-refractivity contribution in [3.63, 3.8) is 0 Å². The van der Waals surface area contributed by atoms with Crippen molar-refractivity contribution in [3.05, 3.63) is 60.7 Å². The van der Waals surface area contributed by atoms with E-state index in [0.717, 1.165) is 28.5 Å². The fourth-order valence-corrected chi connectivity index (χ4v) is 8.81. The summed E-state index contributed by atoms with van der Waals surface area (Å²) in [5, 5.41) is 33.0. The Hall–Kier alpha value is -7.63. The summed E-state index contributed by atoms with van der Waals surface area (Å²) >= 11 is 0. The molecule has 8 rings (SSSR count). The van der Waals surface area contributed by atoms with Gasteiger partial charge in [-0.1, -0.05) is 0 Å². The minimum Gasteiger partial charge on any atom is -0.444 e. The minimum absolute atomic E-state index is 0.155. The van der Waals surface area contributed by atoms with Gasteiger partial charge in [0.25, 0.3) is 0 Å². The summed E-state index contributed by atoms with van der Waals surface area (Å²) in [7, 11) is 3.65. The maximum absolute atomic E-state index is 13.0. The van der Waals surface area contributed by atoms with Gasteiger partial charge in [0.2, 0.25) is 0 Å². The van der Waals surface area contributed by atoms with Crippen LogP contribution in [0.15, 0.2) is 49.3 Å². The molecule has 6 aromatic heterocycles. The molecule has 24 heteroatoms. The van der Waals surface area contributed by atoms with Crippen LogP contribution in [0.1, 0.15) is 132 Å². The highest BCUT2D eigenvalue weighted by molar-refractivity contribution is 5.87. The van der Waals surface area contributed by atoms with Gasteiger partial charge in [0.05, 0.1) is 54.9 Å². The van der Waals surface area contributed by atoms with Crippen molar-refractivity contribution < 1.29 is 48.0 Å². The van der Waals surface area contributed by atoms with Crippen LogP contribution in [0.2, 0.25) is 0 Å². The number of aliphatic hydroxyl groups excluding tert-OH is 1. The second-order valence-electron chi connectivity index (χ2n) is 23.1. The molecule has 4 atom stereocenters. The first-order valence-electron chi connectivity index (χ1n) is 25.3. The molecule has 2 saturated heterocycles. The highest BCUT2D eigenvalue weighted by atomic mass is 16.6. The van der Waals surface area contributed by atoms with E-state index in [9.17, 15) is 29.1 Å². The van der Waals surface area contributed by atoms with E-state index in [0.29, 0.717) is 66.5 Å². The third-order valence-corrected chi connectivity index (χ3v) is 12.1. The molecule has 2 aliphatic heterocycles. The number of fused-ring (bicyclic) bond motifs is 2. The predicted octanol–water partition coefficient (Wildman–Crippen LogP) is 8.11. The van der Waals surface area contributed by atoms with Gasteiger partial charge in [-0.25, -0.2) is 29.1 Å². The molecule has 8 heterocycles. The molecule has 0 aliphatic carbocycles. The fourth-order valence-electron chi connectivity index (χ4n) is 8.81. The number of likely N-dealkylation sites (tertiary alicyclic amines) is 2. The summed E-state index contributed by atoms with van der Waals surface area (Å²) in [6.07, 6.45) is 11.4. The van der Waals surface area contributed by atoms with Crippen LogP contribution in [0, 0.1) is 0 Å². The molecule has 76 heavy (non-hydrogen) atoms. The number of carbonyl (C=O) groups excluding carboxylic acids is 5. The van der Waals surface area contributed by atoms with Crippen molar-refractivity contribution >= 4 is 53.6 Å². The summed E-state index contributed by atoms with van der Waals surface area (Å²) in [6.45, 7) is 21.9. The quantitative estimate of drug-likeness (QED) is 0.0959. The van der Waals surface area contributed by atoms with Crippen molar-refractivity contribution in [2.45, 2.75) is 155 Å². The molecule has 0 radical (unpaired) electrons. The maximum atomic E-state index is 13.0. The summed E-state index contributed by atoms with van der Waals surface area (Å²) in [5.74, 6) is 0.393. The molecule has 4 amide bonds. The number of hydrogen-bond donors (Lipinski definition) is 3. The summed E-state index contributed by atoms with van der Waals surface area (Å²) < 4.78 is 28.6. The van der Waals surface area contributed by atoms with Gasteiger partial charge < -0.3 is 33.7 Å². The van der Waals surface area contributed by atoms with Crippen molar-refractivity contribution in [2.75, 3.05) is 30.3 Å². The van der Waals surface area contributed by atoms with Gasteiger partial charge in [-0.15, -0.1) is 0 Å². The Morgan fingerprint density at radius 1 is 0.592 bits per heavy atom. The Morgan fingerprint density at radius 2 is 1.00 bits per heavy atom. The molecule has 0 unspecified atom stereocenters. The third-order valence-electron chi connectivity index (χ3n) is 12.1. The van der Waals surface area contributed by atoms with E-state index >= 15 is 0 Å². The highest BCUT2D eigenvalue weighted by Crippen LogP contribution is 2.36. The molecule has 0 saturated carbocycles. The van der Waals surface area contributed by atoms with E-state index in [1.165, 1.54) is 4.90 Å². The molecular weight excluding hydrogens is 981 g/mol. The lowest BCUT2D eigenvalue weighted by Crippen LogP contribution is -2.49. The summed E-state index contributed by atoms with van der Waals surface area (Å²) in [6, 6.07) is 2.57. The molecule has 3 N–H and O–H groups in total. The number of hydrogen-bond acceptors (Lipinski definition) is 16. The number of carbonyl (C=O) groups is 5. The SMILES string of the molecule is Cn1cc(-c2cnn3c(NC(=O)OC(C)(C)C)cc([C@H]4CC[C@@H](C=O)N(C(=O)OC(C)(C)C)C4)nc23)cn1.Cn1cc(-c2cnn3c(NC(=O)OC(C)(C)C)cc([C@H]4CC[C@@H](CO)N(C(=O)OC(C)(C)C)C4)nc23)cn1. The topological polar surface area (TPSA) is 269 Å². The summed E-state index contributed by atoms with van der Waals surface area (Å²) in [5.41, 5.74) is 2.77. The number of nitrogens with one attached hydrogen (secondary N) is 2. The number of amides is 4. The predicted molar refractivity (Wildman–Crippen MR) is 281 cm³/mol. The largest absolute Gasteiger partial charge is 0.444 e. The van der Waals surface area contributed by atoms with Crippen LogP contribution in [-0.4, -0.2) is 149 Å². The van der Waals surface area contributed by atoms with Crippen molar-refractivity contribution in [1.82, 2.24) is 58.6 Å². The van der Waals surface area contributed by atoms with Gasteiger partial charge in [-0.05, 0) is 109 Å². The number of aromatic nitrogens is 10. The summed E-state index contributed by atoms with van der Waals surface area (Å²) in [4.78, 5) is 76.0. The average Bonchev–Trinajstić information content (AvgIpc) is 4.13. The smallest absolute Gasteiger partial charge is 0.413 e. The Bertz CT molecular complexity index is 3070. The maximum Gasteiger partial charge on any atom is 0.413 e. The Kier molecular flexibility index (Phi) is 16.2. The van der Waals surface area contributed by atoms with Gasteiger partial charge in [-0.2, -0.15) is 29.4 Å². The van der Waals surface area contributed by atoms with Crippen LogP contribution in [0.25, 0.3) is 33.5 Å². The van der Waals surface area contributed by atoms with Crippen molar-refractivity contribution in [3.8, 4) is 22.3 Å². The van der Waals surface area contributed by atoms with Crippen LogP contribution in [0.4, 0.5) is 30.8 Å². The standard InChI is InChI=1S/C26H37N7O5.C26H35N7O5/c2*1-25(2,3)37-23(35)30-21-10-20(29-22-19(12-28-33(21)22)17-11-27-31(7)13-17)16-8-9-18(15-34)32(14-16)24(36)38-26(4,5)6/h10-13,16,18,34H,8-9,14-15H2,1-7H3,(H,30,35);10-13,15-16,18H,8-9,14H2,1-7H3,(H,30,35)/t2*16-,18-/m00/s1. The highest BCUT2D eigenvalue weighted by Gasteiger charge is 2.38. The number of aldehydes is 1. The van der Waals surface area contributed by atoms with E-state index in [1.54, 1.807) is 123 Å². The van der Waals surface area contributed by atoms with Crippen LogP contribution < -0.4 is 10.6 Å². The molecule has 24 nitrogen and oxygen atoms in total. The van der Waals surface area contributed by atoms with Crippen LogP contribution in [0.5, 0.6) is 0 Å². The van der Waals surface area contributed by atoms with E-state index in [1.807, 2.05) is 47.3 Å². The molecule has 0 bridgehead atoms. The number of aliphatic hydroxyl groups is 1. The number of piperidine rings is 2. The Morgan fingerprint density at radius 3 is 1.38 bits per heavy atom. The van der Waals surface area contributed by atoms with Crippen LogP contribution in [-0.2, 0) is 37.8 Å². The monoisotopic (exact) mass is 1050 g/mol. The number of rotatable bonds is 8. The van der Waals surface area contributed by atoms with Crippen molar-refractivity contribution in [2.24, 2.45) is 14.1 Å². The normalized spacial score (nSPS) is 18.4. The Balaban J connectivity index is 0.000000221. The molecule has 410 valence electrons. The fraction of sp³-hybridized carbons (Fsp3) is 0.558. The van der Waals surface area contributed by atoms with Crippen LogP contribution >= 0.6 is 0 Å². The first-order chi connectivity index (χ1) is 35.5. The molecule has 2 aliphatic rings. The lowest BCUT2D eigenvalue weighted by molar-refractivity contribution is -0.113. The first kappa shape index (κ1) is 56.1. The number of aryl methyl sites for hydroxylation is 2. The molecule has 6 aromatic rings. The zero-order valence-electron chi connectivity index (χ0n) is 45.9. The van der Waals surface area contributed by atoms with Gasteiger partial charge in [-0.3, -0.25) is 24.9 Å². The van der Waals surface area contributed by atoms with Gasteiger partial charge in [0, 0.05) is 85.8 Å². The first-order valence-corrected chi connectivity index (χ1v) is 25.3. The molecule has 0 aromatic carbocycles. The zero-order chi connectivity index (χ0) is 55.7. The number of nitrogens with zero attached hydrogens (tertiary/aromatic N) is 12. The lowest BCUT2D eigenvalue weighted by Gasteiger charge is -2.39. The molecular formula is C52H72N14O10. The zero-order valence-corrected chi connectivity index (χ0v) is 45.9. The number of anilines is 2. The van der Waals surface area contributed by atoms with Crippen LogP contribution in [0.3, 0.4) is 0 Å². The minimum atomic E-state index is -0.699. The molecule has 2 fully saturated rings. The van der Waals surface area contributed by atoms with Crippen molar-refractivity contribution in [1.29, 1.82) is 0 Å². The second kappa shape index (κ2) is 21.9. The van der Waals surface area contributed by atoms with E-state index in [-0.39, 0.29) is 31.0 Å². The van der Waals surface area contributed by atoms with E-state index in [4.69, 9.17) is 28.9 Å². The number of ether oxygens (including phenoxy) is 4. The van der Waals surface area contributed by atoms with E-state index < -0.39 is 52.8 Å². The van der Waals surface area contributed by atoms with Gasteiger partial charge in [0.15, 0.2) is 11.3 Å². The molecule has 0 spiro atoms. The average molecular weight is 1050 g/mol. The second-order valence-corrected chi connectivity index (χ2v) is 23.1. The third kappa shape index (κ3) is 14.0. The van der Waals surface area contributed by atoms with Gasteiger partial charge >= 0.3 is 24.4 Å². The van der Waals surface area contributed by atoms with E-state index in [2.05, 4.69) is 31.0 Å². The Labute approximate surface area is 441 Å². The van der Waals surface area contributed by atoms with Gasteiger partial charge in [0.1, 0.15) is 40.3 Å².